The van der Waals surface area contributed by atoms with Crippen LogP contribution in [-0.4, -0.2) is 32.2 Å². The van der Waals surface area contributed by atoms with Crippen molar-refractivity contribution in [3.63, 3.8) is 0 Å². The van der Waals surface area contributed by atoms with Crippen molar-refractivity contribution >= 4 is 11.2 Å². The van der Waals surface area contributed by atoms with Gasteiger partial charge >= 0.3 is 23.6 Å². The quantitative estimate of drug-likeness (QED) is 0.341. The average molecular weight is 505 g/mol. The molecule has 0 unspecified atom stereocenters. The Bertz CT molecular complexity index is 1480. The molecule has 0 fully saturated rings. The topological polar surface area (TPSA) is 102 Å². The summed E-state index contributed by atoms with van der Waals surface area (Å²) in [6.45, 7) is 1.97. The van der Waals surface area contributed by atoms with Gasteiger partial charge in [-0.05, 0) is 31.0 Å². The SMILES string of the molecule is CCn1c(=O)n(CCCO)c(=O)c2c1[nH]c(Oc1cccc(OC(F)(F)F)c1)[n+]2Cc1ccccc1. The van der Waals surface area contributed by atoms with E-state index < -0.39 is 23.4 Å². The Morgan fingerprint density at radius 3 is 2.42 bits per heavy atom. The molecular formula is C24H24F3N4O5+. The van der Waals surface area contributed by atoms with Gasteiger partial charge in [-0.25, -0.2) is 4.79 Å². The van der Waals surface area contributed by atoms with Crippen LogP contribution >= 0.6 is 0 Å². The number of hydrogen-bond donors (Lipinski definition) is 2. The van der Waals surface area contributed by atoms with Gasteiger partial charge in [0.15, 0.2) is 0 Å². The minimum atomic E-state index is -4.87. The first kappa shape index (κ1) is 25.0. The second-order valence-corrected chi connectivity index (χ2v) is 7.88. The Balaban J connectivity index is 1.90. The van der Waals surface area contributed by atoms with Crippen molar-refractivity contribution in [2.24, 2.45) is 0 Å². The molecular weight excluding hydrogens is 481 g/mol. The first-order valence-electron chi connectivity index (χ1n) is 11.2. The van der Waals surface area contributed by atoms with Crippen molar-refractivity contribution in [3.05, 3.63) is 81.0 Å². The fraction of sp³-hybridized carbons (Fsp3) is 0.292. The van der Waals surface area contributed by atoms with Gasteiger partial charge in [-0.2, -0.15) is 9.55 Å². The minimum absolute atomic E-state index is 0.0215. The molecule has 0 spiro atoms. The summed E-state index contributed by atoms with van der Waals surface area (Å²) in [5, 5.41) is 9.22. The summed E-state index contributed by atoms with van der Waals surface area (Å²) >= 11 is 0. The predicted octanol–water partition coefficient (Wildman–Crippen LogP) is 2.92. The lowest BCUT2D eigenvalue weighted by atomic mass is 10.2. The third-order valence-corrected chi connectivity index (χ3v) is 5.44. The zero-order valence-corrected chi connectivity index (χ0v) is 19.3. The van der Waals surface area contributed by atoms with Crippen molar-refractivity contribution in [1.29, 1.82) is 0 Å². The van der Waals surface area contributed by atoms with Crippen LogP contribution in [0.5, 0.6) is 17.5 Å². The molecule has 2 aromatic carbocycles. The molecule has 0 amide bonds. The fourth-order valence-electron chi connectivity index (χ4n) is 3.89. The number of aliphatic hydroxyl groups is 1. The van der Waals surface area contributed by atoms with E-state index >= 15 is 0 Å². The number of hydrogen-bond acceptors (Lipinski definition) is 5. The van der Waals surface area contributed by atoms with Crippen LogP contribution < -0.4 is 25.3 Å². The van der Waals surface area contributed by atoms with Gasteiger partial charge in [0.2, 0.25) is 0 Å². The zero-order chi connectivity index (χ0) is 25.9. The molecule has 0 aliphatic heterocycles. The second-order valence-electron chi connectivity index (χ2n) is 7.88. The van der Waals surface area contributed by atoms with Gasteiger partial charge in [0, 0.05) is 25.8 Å². The van der Waals surface area contributed by atoms with Gasteiger partial charge in [-0.1, -0.05) is 36.4 Å². The molecule has 0 saturated heterocycles. The third-order valence-electron chi connectivity index (χ3n) is 5.44. The van der Waals surface area contributed by atoms with E-state index in [0.717, 1.165) is 22.3 Å². The highest BCUT2D eigenvalue weighted by Gasteiger charge is 2.32. The summed E-state index contributed by atoms with van der Waals surface area (Å²) in [6.07, 6.45) is -4.66. The van der Waals surface area contributed by atoms with Crippen LogP contribution in [0.3, 0.4) is 0 Å². The number of nitrogens with zero attached hydrogens (tertiary/aromatic N) is 3. The van der Waals surface area contributed by atoms with Gasteiger partial charge in [-0.15, -0.1) is 13.2 Å². The molecule has 0 saturated carbocycles. The summed E-state index contributed by atoms with van der Waals surface area (Å²) < 4.78 is 51.9. The molecule has 0 bridgehead atoms. The van der Waals surface area contributed by atoms with Crippen LogP contribution in [0.1, 0.15) is 18.9 Å². The number of halogens is 3. The molecule has 190 valence electrons. The molecule has 2 aromatic heterocycles. The molecule has 0 radical (unpaired) electrons. The number of nitrogens with one attached hydrogen (secondary N) is 1. The number of imidazole rings is 1. The molecule has 4 aromatic rings. The molecule has 0 aliphatic rings. The molecule has 2 heterocycles. The summed E-state index contributed by atoms with van der Waals surface area (Å²) in [7, 11) is 0. The lowest BCUT2D eigenvalue weighted by Gasteiger charge is -2.10. The molecule has 2 N–H and O–H groups in total. The summed E-state index contributed by atoms with van der Waals surface area (Å²) in [5.41, 5.74) is 0.0447. The molecule has 0 aliphatic carbocycles. The number of rotatable bonds is 9. The van der Waals surface area contributed by atoms with Crippen LogP contribution in [0, 0.1) is 0 Å². The van der Waals surface area contributed by atoms with Crippen molar-refractivity contribution in [1.82, 2.24) is 14.1 Å². The maximum Gasteiger partial charge on any atom is 0.573 e. The number of H-pyrrole nitrogens is 1. The highest BCUT2D eigenvalue weighted by molar-refractivity contribution is 5.66. The molecule has 0 atom stereocenters. The van der Waals surface area contributed by atoms with Crippen molar-refractivity contribution in [2.75, 3.05) is 6.61 Å². The zero-order valence-electron chi connectivity index (χ0n) is 19.3. The van der Waals surface area contributed by atoms with Crippen molar-refractivity contribution in [2.45, 2.75) is 39.3 Å². The number of alkyl halides is 3. The maximum absolute atomic E-state index is 13.4. The fourth-order valence-corrected chi connectivity index (χ4v) is 3.89. The number of aromatic nitrogens is 4. The monoisotopic (exact) mass is 505 g/mol. The lowest BCUT2D eigenvalue weighted by molar-refractivity contribution is -0.667. The number of aromatic amines is 1. The van der Waals surface area contributed by atoms with E-state index in [9.17, 15) is 27.9 Å². The predicted molar refractivity (Wildman–Crippen MR) is 123 cm³/mol. The maximum atomic E-state index is 13.4. The number of aryl methyl sites for hydroxylation is 1. The molecule has 4 rings (SSSR count). The van der Waals surface area contributed by atoms with E-state index in [1.165, 1.54) is 21.3 Å². The van der Waals surface area contributed by atoms with Crippen LogP contribution in [0.4, 0.5) is 13.2 Å². The van der Waals surface area contributed by atoms with Crippen molar-refractivity contribution < 1.29 is 32.3 Å². The number of ether oxygens (including phenoxy) is 2. The highest BCUT2D eigenvalue weighted by Crippen LogP contribution is 2.28. The average Bonchev–Trinajstić information content (AvgIpc) is 3.16. The van der Waals surface area contributed by atoms with E-state index in [-0.39, 0.29) is 55.6 Å². The Hall–Kier alpha value is -4.06. The first-order valence-corrected chi connectivity index (χ1v) is 11.2. The van der Waals surface area contributed by atoms with Crippen LogP contribution in [-0.2, 0) is 19.6 Å². The van der Waals surface area contributed by atoms with Crippen molar-refractivity contribution in [3.8, 4) is 17.5 Å². The van der Waals surface area contributed by atoms with Crippen LogP contribution in [0.2, 0.25) is 0 Å². The van der Waals surface area contributed by atoms with Gasteiger partial charge in [-0.3, -0.25) is 13.9 Å². The van der Waals surface area contributed by atoms with E-state index in [1.807, 2.05) is 30.3 Å². The van der Waals surface area contributed by atoms with E-state index in [4.69, 9.17) is 4.74 Å². The Morgan fingerprint density at radius 1 is 1.03 bits per heavy atom. The van der Waals surface area contributed by atoms with E-state index in [0.29, 0.717) is 0 Å². The number of fused-ring (bicyclic) bond motifs is 1. The van der Waals surface area contributed by atoms with Gasteiger partial charge in [0.25, 0.3) is 11.2 Å². The number of benzene rings is 2. The molecule has 12 heteroatoms. The Kier molecular flexibility index (Phi) is 7.15. The molecule has 9 nitrogen and oxygen atoms in total. The first-order chi connectivity index (χ1) is 17.2. The minimum Gasteiger partial charge on any atom is -0.406 e. The standard InChI is InChI=1S/C24H23F3N4O5/c1-2-29-20-19(21(33)30(23(29)34)12-7-13-32)31(15-16-8-4-3-5-9-16)22(28-20)35-17-10-6-11-18(14-17)36-24(25,26)27/h3-6,8-11,14,32H,2,7,12-13,15H2,1H3/p+1. The van der Waals surface area contributed by atoms with Crippen LogP contribution in [0.25, 0.3) is 11.2 Å². The van der Waals surface area contributed by atoms with Gasteiger partial charge in [0.05, 0.1) is 0 Å². The van der Waals surface area contributed by atoms with E-state index in [2.05, 4.69) is 9.72 Å². The van der Waals surface area contributed by atoms with Gasteiger partial charge in [0.1, 0.15) is 18.0 Å². The highest BCUT2D eigenvalue weighted by atomic mass is 19.4. The largest absolute Gasteiger partial charge is 0.573 e. The lowest BCUT2D eigenvalue weighted by Crippen LogP contribution is -2.45. The van der Waals surface area contributed by atoms with E-state index in [1.54, 1.807) is 6.92 Å². The normalized spacial score (nSPS) is 11.7. The third kappa shape index (κ3) is 5.28. The van der Waals surface area contributed by atoms with Crippen LogP contribution in [0.15, 0.2) is 64.2 Å². The summed E-state index contributed by atoms with van der Waals surface area (Å²) in [6, 6.07) is 14.2. The summed E-state index contributed by atoms with van der Waals surface area (Å²) in [4.78, 5) is 29.4. The van der Waals surface area contributed by atoms with Gasteiger partial charge < -0.3 is 14.6 Å². The second kappa shape index (κ2) is 10.3. The Labute approximate surface area is 202 Å². The Morgan fingerprint density at radius 2 is 1.75 bits per heavy atom. The number of aliphatic hydroxyl groups excluding tert-OH is 1. The molecule has 36 heavy (non-hydrogen) atoms. The summed E-state index contributed by atoms with van der Waals surface area (Å²) in [5.74, 6) is -0.446. The smallest absolute Gasteiger partial charge is 0.406 e.